The van der Waals surface area contributed by atoms with E-state index in [1.54, 1.807) is 11.3 Å². The average molecular weight is 422 g/mol. The maximum absolute atomic E-state index is 13.3. The Morgan fingerprint density at radius 1 is 1.32 bits per heavy atom. The van der Waals surface area contributed by atoms with Crippen LogP contribution in [0.5, 0.6) is 0 Å². The standard InChI is InChI=1S/C17H20BrN5OS/c1-10-7-19-15(25-10)21-13(24)16-3-11-2-12(4-16)6-17(5-11,8-16)23-9-20-14(18)22-23/h7,9,11-12H,2-6,8H2,1H3,(H,19,21,24)/t11-,12-,16?,17?/m1/s1. The van der Waals surface area contributed by atoms with E-state index in [2.05, 4.69) is 36.3 Å². The number of anilines is 1. The summed E-state index contributed by atoms with van der Waals surface area (Å²) in [5, 5.41) is 8.38. The number of carbonyl (C=O) groups is 1. The molecular formula is C17H20BrN5OS. The van der Waals surface area contributed by atoms with E-state index in [1.807, 2.05) is 24.1 Å². The van der Waals surface area contributed by atoms with E-state index in [0.717, 1.165) is 42.1 Å². The summed E-state index contributed by atoms with van der Waals surface area (Å²) in [6, 6.07) is 0. The van der Waals surface area contributed by atoms with Gasteiger partial charge < -0.3 is 5.32 Å². The molecule has 4 bridgehead atoms. The molecule has 6 rings (SSSR count). The number of rotatable bonds is 3. The van der Waals surface area contributed by atoms with Crippen molar-refractivity contribution in [2.75, 3.05) is 5.32 Å². The van der Waals surface area contributed by atoms with Crippen LogP contribution in [0.4, 0.5) is 5.13 Å². The van der Waals surface area contributed by atoms with Crippen LogP contribution in [-0.2, 0) is 10.3 Å². The largest absolute Gasteiger partial charge is 0.301 e. The van der Waals surface area contributed by atoms with Crippen molar-refractivity contribution in [2.24, 2.45) is 17.3 Å². The summed E-state index contributed by atoms with van der Waals surface area (Å²) in [7, 11) is 0. The second-order valence-electron chi connectivity index (χ2n) is 8.15. The lowest BCUT2D eigenvalue weighted by Crippen LogP contribution is -2.60. The highest BCUT2D eigenvalue weighted by atomic mass is 79.9. The lowest BCUT2D eigenvalue weighted by Gasteiger charge is -2.60. The Morgan fingerprint density at radius 2 is 2.08 bits per heavy atom. The summed E-state index contributed by atoms with van der Waals surface area (Å²) in [5.41, 5.74) is -0.346. The minimum atomic E-state index is -0.290. The zero-order chi connectivity index (χ0) is 17.2. The molecule has 0 unspecified atom stereocenters. The van der Waals surface area contributed by atoms with Crippen molar-refractivity contribution in [1.29, 1.82) is 0 Å². The summed E-state index contributed by atoms with van der Waals surface area (Å²) in [6.45, 7) is 2.01. The van der Waals surface area contributed by atoms with E-state index in [1.165, 1.54) is 6.42 Å². The van der Waals surface area contributed by atoms with Crippen LogP contribution < -0.4 is 5.32 Å². The van der Waals surface area contributed by atoms with Crippen LogP contribution in [-0.4, -0.2) is 25.7 Å². The van der Waals surface area contributed by atoms with Crippen molar-refractivity contribution in [1.82, 2.24) is 19.7 Å². The lowest BCUT2D eigenvalue weighted by molar-refractivity contribution is -0.150. The molecule has 4 aliphatic carbocycles. The quantitative estimate of drug-likeness (QED) is 0.818. The molecule has 0 spiro atoms. The topological polar surface area (TPSA) is 72.7 Å². The van der Waals surface area contributed by atoms with Gasteiger partial charge in [-0.2, -0.15) is 0 Å². The third-order valence-electron chi connectivity index (χ3n) is 6.30. The van der Waals surface area contributed by atoms with E-state index in [-0.39, 0.29) is 16.9 Å². The molecule has 4 fully saturated rings. The fourth-order valence-corrected chi connectivity index (χ4v) is 6.78. The summed E-state index contributed by atoms with van der Waals surface area (Å²) >= 11 is 4.91. The number of carbonyl (C=O) groups excluding carboxylic acids is 1. The predicted octanol–water partition coefficient (Wildman–Crippen LogP) is 3.74. The van der Waals surface area contributed by atoms with Crippen LogP contribution in [0, 0.1) is 24.2 Å². The second kappa shape index (κ2) is 5.36. The van der Waals surface area contributed by atoms with Gasteiger partial charge in [-0.25, -0.2) is 14.6 Å². The molecule has 0 saturated heterocycles. The van der Waals surface area contributed by atoms with Gasteiger partial charge in [0.15, 0.2) is 5.13 Å². The Kier molecular flexibility index (Phi) is 3.42. The van der Waals surface area contributed by atoms with Gasteiger partial charge in [0.05, 0.1) is 11.0 Å². The third-order valence-corrected chi connectivity index (χ3v) is 7.50. The van der Waals surface area contributed by atoms with Crippen LogP contribution in [0.25, 0.3) is 0 Å². The first-order chi connectivity index (χ1) is 12.0. The number of nitrogens with zero attached hydrogens (tertiary/aromatic N) is 4. The average Bonchev–Trinajstić information content (AvgIpc) is 3.15. The van der Waals surface area contributed by atoms with Crippen LogP contribution >= 0.6 is 27.3 Å². The lowest BCUT2D eigenvalue weighted by atomic mass is 9.46. The van der Waals surface area contributed by atoms with Crippen molar-refractivity contribution in [3.63, 3.8) is 0 Å². The molecule has 25 heavy (non-hydrogen) atoms. The van der Waals surface area contributed by atoms with Gasteiger partial charge in [0.2, 0.25) is 10.6 Å². The fourth-order valence-electron chi connectivity index (χ4n) is 5.86. The SMILES string of the molecule is Cc1cnc(NC(=O)C23C[C@H]4C[C@H](C2)CC(n2cnc(Br)n2)(C4)C3)s1. The first kappa shape index (κ1) is 15.9. The molecule has 2 heterocycles. The summed E-state index contributed by atoms with van der Waals surface area (Å²) in [4.78, 5) is 23.0. The maximum Gasteiger partial charge on any atom is 0.232 e. The summed E-state index contributed by atoms with van der Waals surface area (Å²) in [6.07, 6.45) is 9.98. The number of hydrogen-bond acceptors (Lipinski definition) is 5. The molecule has 1 amide bonds. The van der Waals surface area contributed by atoms with Crippen molar-refractivity contribution in [3.05, 3.63) is 22.1 Å². The first-order valence-corrected chi connectivity index (χ1v) is 10.4. The summed E-state index contributed by atoms with van der Waals surface area (Å²) < 4.78 is 2.66. The van der Waals surface area contributed by atoms with E-state index >= 15 is 0 Å². The van der Waals surface area contributed by atoms with Crippen LogP contribution in [0.2, 0.25) is 0 Å². The zero-order valence-corrected chi connectivity index (χ0v) is 16.4. The van der Waals surface area contributed by atoms with Crippen molar-refractivity contribution in [2.45, 2.75) is 51.0 Å². The Bertz CT molecular complexity index is 832. The molecule has 4 aliphatic rings. The van der Waals surface area contributed by atoms with Gasteiger partial charge in [-0.1, -0.05) is 0 Å². The molecule has 0 radical (unpaired) electrons. The molecule has 2 atom stereocenters. The zero-order valence-electron chi connectivity index (χ0n) is 14.0. The highest BCUT2D eigenvalue weighted by Gasteiger charge is 2.61. The highest BCUT2D eigenvalue weighted by Crippen LogP contribution is 2.64. The maximum atomic E-state index is 13.3. The molecule has 2 aromatic rings. The number of aryl methyl sites for hydroxylation is 1. The molecule has 6 nitrogen and oxygen atoms in total. The molecule has 2 aromatic heterocycles. The van der Waals surface area contributed by atoms with Crippen molar-refractivity contribution < 1.29 is 4.79 Å². The number of thiazole rings is 1. The van der Waals surface area contributed by atoms with E-state index < -0.39 is 0 Å². The van der Waals surface area contributed by atoms with Crippen molar-refractivity contribution in [3.8, 4) is 0 Å². The number of amides is 1. The molecule has 4 saturated carbocycles. The number of halogens is 1. The van der Waals surface area contributed by atoms with Gasteiger partial charge in [-0.15, -0.1) is 16.4 Å². The van der Waals surface area contributed by atoms with Crippen LogP contribution in [0.15, 0.2) is 17.3 Å². The third kappa shape index (κ3) is 2.48. The fraction of sp³-hybridized carbons (Fsp3) is 0.647. The van der Waals surface area contributed by atoms with Gasteiger partial charge in [0.1, 0.15) is 6.33 Å². The predicted molar refractivity (Wildman–Crippen MR) is 98.3 cm³/mol. The molecule has 0 aromatic carbocycles. The van der Waals surface area contributed by atoms with Gasteiger partial charge in [0.25, 0.3) is 0 Å². The van der Waals surface area contributed by atoms with Crippen molar-refractivity contribution >= 4 is 38.3 Å². The minimum absolute atomic E-state index is 0.0563. The Labute approximate surface area is 158 Å². The monoisotopic (exact) mass is 421 g/mol. The Balaban J connectivity index is 1.48. The second-order valence-corrected chi connectivity index (χ2v) is 10.1. The summed E-state index contributed by atoms with van der Waals surface area (Å²) in [5.74, 6) is 1.36. The van der Waals surface area contributed by atoms with Crippen LogP contribution in [0.1, 0.15) is 43.4 Å². The molecular weight excluding hydrogens is 402 g/mol. The van der Waals surface area contributed by atoms with E-state index in [0.29, 0.717) is 16.6 Å². The number of hydrogen-bond donors (Lipinski definition) is 1. The van der Waals surface area contributed by atoms with Gasteiger partial charge >= 0.3 is 0 Å². The number of aromatic nitrogens is 4. The molecule has 8 heteroatoms. The van der Waals surface area contributed by atoms with Gasteiger partial charge in [-0.05, 0) is 73.2 Å². The molecule has 0 aliphatic heterocycles. The molecule has 132 valence electrons. The van der Waals surface area contributed by atoms with Gasteiger partial charge in [-0.3, -0.25) is 4.79 Å². The van der Waals surface area contributed by atoms with Crippen LogP contribution in [0.3, 0.4) is 0 Å². The Hall–Kier alpha value is -1.28. The number of nitrogens with one attached hydrogen (secondary N) is 1. The first-order valence-electron chi connectivity index (χ1n) is 8.78. The smallest absolute Gasteiger partial charge is 0.232 e. The highest BCUT2D eigenvalue weighted by molar-refractivity contribution is 9.10. The normalized spacial score (nSPS) is 35.9. The van der Waals surface area contributed by atoms with E-state index in [9.17, 15) is 4.79 Å². The van der Waals surface area contributed by atoms with E-state index in [4.69, 9.17) is 0 Å². The minimum Gasteiger partial charge on any atom is -0.301 e. The molecule has 1 N–H and O–H groups in total. The van der Waals surface area contributed by atoms with Gasteiger partial charge in [0, 0.05) is 11.1 Å². The Morgan fingerprint density at radius 3 is 2.68 bits per heavy atom.